The van der Waals surface area contributed by atoms with Crippen molar-refractivity contribution in [2.45, 2.75) is 143 Å². The fraction of sp³-hybridized carbons (Fsp3) is 0.650. The van der Waals surface area contributed by atoms with E-state index in [4.69, 9.17) is 5.73 Å². The highest BCUT2D eigenvalue weighted by Crippen LogP contribution is 2.41. The Bertz CT molecular complexity index is 1180. The van der Waals surface area contributed by atoms with Crippen LogP contribution in [0, 0.1) is 0 Å². The molecule has 4 N–H and O–H groups in total. The van der Waals surface area contributed by atoms with Gasteiger partial charge >= 0.3 is 0 Å². The molecule has 258 valence electrons. The molecule has 2 aromatic rings. The third-order valence-electron chi connectivity index (χ3n) is 8.83. The monoisotopic (exact) mass is 636 g/mol. The Morgan fingerprint density at radius 1 is 0.543 bits per heavy atom. The van der Waals surface area contributed by atoms with Gasteiger partial charge in [0.25, 0.3) is 0 Å². The second-order valence-electron chi connectivity index (χ2n) is 17.2. The number of ketones is 2. The second kappa shape index (κ2) is 15.5. The van der Waals surface area contributed by atoms with Gasteiger partial charge in [0, 0.05) is 59.3 Å². The van der Waals surface area contributed by atoms with E-state index in [-0.39, 0.29) is 44.7 Å². The number of hydrogen-bond acceptors (Lipinski definition) is 6. The number of benzene rings is 2. The van der Waals surface area contributed by atoms with Gasteiger partial charge in [0.05, 0.1) is 0 Å². The van der Waals surface area contributed by atoms with E-state index < -0.39 is 0 Å². The molecule has 0 bridgehead atoms. The average molecular weight is 637 g/mol. The van der Waals surface area contributed by atoms with E-state index in [0.29, 0.717) is 43.6 Å². The fourth-order valence-electron chi connectivity index (χ4n) is 5.85. The van der Waals surface area contributed by atoms with Crippen LogP contribution in [0.3, 0.4) is 0 Å². The molecule has 2 aromatic carbocycles. The largest absolute Gasteiger partial charge is 0.507 e. The van der Waals surface area contributed by atoms with Gasteiger partial charge in [0.15, 0.2) is 11.6 Å². The number of unbranched alkanes of at least 4 members (excludes halogenated alkanes) is 3. The fourth-order valence-corrected chi connectivity index (χ4v) is 5.85. The topological polar surface area (TPSA) is 104 Å². The lowest BCUT2D eigenvalue weighted by atomic mass is 9.78. The number of aromatic hydroxyl groups is 2. The minimum absolute atomic E-state index is 0.0404. The van der Waals surface area contributed by atoms with Gasteiger partial charge in [0.2, 0.25) is 0 Å². The molecule has 0 saturated heterocycles. The molecule has 0 unspecified atom stereocenters. The number of phenolic OH excluding ortho intramolecular Hbond substituents is 2. The summed E-state index contributed by atoms with van der Waals surface area (Å²) in [7, 11) is 0. The van der Waals surface area contributed by atoms with E-state index in [1.807, 2.05) is 24.3 Å². The first-order valence-corrected chi connectivity index (χ1v) is 17.2. The van der Waals surface area contributed by atoms with Gasteiger partial charge < -0.3 is 20.8 Å². The van der Waals surface area contributed by atoms with Crippen LogP contribution in [0.25, 0.3) is 0 Å². The molecule has 0 atom stereocenters. The third kappa shape index (κ3) is 10.9. The number of Topliss-reactive ketones (excluding diaryl/α,β-unsaturated/α-hetero) is 2. The van der Waals surface area contributed by atoms with Crippen LogP contribution in [0.4, 0.5) is 0 Å². The van der Waals surface area contributed by atoms with Crippen LogP contribution in [0.15, 0.2) is 24.3 Å². The number of phenols is 2. The van der Waals surface area contributed by atoms with Crippen LogP contribution in [-0.2, 0) is 21.7 Å². The van der Waals surface area contributed by atoms with Crippen molar-refractivity contribution in [2.75, 3.05) is 26.2 Å². The molecule has 6 nitrogen and oxygen atoms in total. The summed E-state index contributed by atoms with van der Waals surface area (Å²) in [6.45, 7) is 27.2. The molecule has 46 heavy (non-hydrogen) atoms. The van der Waals surface area contributed by atoms with Crippen molar-refractivity contribution in [1.29, 1.82) is 0 Å². The zero-order valence-electron chi connectivity index (χ0n) is 31.1. The zero-order valence-corrected chi connectivity index (χ0v) is 31.1. The number of carbonyl (C=O) groups is 2. The van der Waals surface area contributed by atoms with Gasteiger partial charge in [-0.25, -0.2) is 0 Å². The average Bonchev–Trinajstić information content (AvgIpc) is 2.91. The maximum atomic E-state index is 13.7. The molecule has 0 saturated carbocycles. The molecule has 0 aliphatic heterocycles. The van der Waals surface area contributed by atoms with Gasteiger partial charge in [-0.05, 0) is 71.9 Å². The SMILES string of the molecule is CC(C)(C)c1cc(C(=O)CCN(CCCCCCN)CCC(=O)c2cc(C(C)(C)C)c(O)c(C(C)(C)C)c2)cc(C(C)(C)C)c1O. The van der Waals surface area contributed by atoms with Crippen LogP contribution in [0.2, 0.25) is 0 Å². The first-order valence-electron chi connectivity index (χ1n) is 17.2. The predicted octanol–water partition coefficient (Wildman–Crippen LogP) is 8.95. The highest BCUT2D eigenvalue weighted by atomic mass is 16.3. The molecule has 0 fully saturated rings. The van der Waals surface area contributed by atoms with Gasteiger partial charge in [-0.15, -0.1) is 0 Å². The van der Waals surface area contributed by atoms with E-state index in [0.717, 1.165) is 54.5 Å². The van der Waals surface area contributed by atoms with Gasteiger partial charge in [-0.2, -0.15) is 0 Å². The maximum absolute atomic E-state index is 13.7. The molecule has 0 amide bonds. The van der Waals surface area contributed by atoms with Crippen molar-refractivity contribution in [3.63, 3.8) is 0 Å². The molecule has 0 aromatic heterocycles. The van der Waals surface area contributed by atoms with Crippen molar-refractivity contribution in [2.24, 2.45) is 5.73 Å². The summed E-state index contributed by atoms with van der Waals surface area (Å²) >= 11 is 0. The molecule has 0 aliphatic rings. The Hall–Kier alpha value is -2.70. The van der Waals surface area contributed by atoms with Crippen molar-refractivity contribution in [1.82, 2.24) is 4.90 Å². The molecule has 0 heterocycles. The van der Waals surface area contributed by atoms with Crippen molar-refractivity contribution >= 4 is 11.6 Å². The Kier molecular flexibility index (Phi) is 13.3. The Balaban J connectivity index is 2.32. The summed E-state index contributed by atoms with van der Waals surface area (Å²) < 4.78 is 0. The van der Waals surface area contributed by atoms with Crippen LogP contribution in [0.1, 0.15) is 165 Å². The van der Waals surface area contributed by atoms with Crippen molar-refractivity contribution in [3.8, 4) is 11.5 Å². The third-order valence-corrected chi connectivity index (χ3v) is 8.83. The number of hydrogen-bond donors (Lipinski definition) is 3. The molecule has 2 rings (SSSR count). The van der Waals surface area contributed by atoms with Gasteiger partial charge in [-0.1, -0.05) is 95.9 Å². The summed E-state index contributed by atoms with van der Waals surface area (Å²) in [6.07, 6.45) is 4.76. The van der Waals surface area contributed by atoms with Crippen LogP contribution in [-0.4, -0.2) is 52.9 Å². The Morgan fingerprint density at radius 3 is 1.13 bits per heavy atom. The second-order valence-corrected chi connectivity index (χ2v) is 17.2. The number of carbonyl (C=O) groups excluding carboxylic acids is 2. The highest BCUT2D eigenvalue weighted by molar-refractivity contribution is 5.97. The minimum atomic E-state index is -0.315. The minimum Gasteiger partial charge on any atom is -0.507 e. The zero-order chi connectivity index (χ0) is 35.3. The standard InChI is InChI=1S/C40H64N2O4/c1-37(2,3)29-23-27(24-30(35(29)45)38(4,5)6)33(43)17-21-42(20-16-14-13-15-19-41)22-18-34(44)28-25-31(39(7,8)9)36(46)32(26-28)40(10,11)12/h23-26,45-46H,13-22,41H2,1-12H3. The smallest absolute Gasteiger partial charge is 0.164 e. The van der Waals surface area contributed by atoms with E-state index in [1.54, 1.807) is 0 Å². The molecular weight excluding hydrogens is 572 g/mol. The maximum Gasteiger partial charge on any atom is 0.164 e. The predicted molar refractivity (Wildman–Crippen MR) is 193 cm³/mol. The summed E-state index contributed by atoms with van der Waals surface area (Å²) in [5.41, 5.74) is 8.81. The molecule has 0 aliphatic carbocycles. The lowest BCUT2D eigenvalue weighted by Gasteiger charge is -2.28. The Morgan fingerprint density at radius 2 is 0.848 bits per heavy atom. The number of nitrogens with two attached hydrogens (primary N) is 1. The quantitative estimate of drug-likeness (QED) is 0.141. The lowest BCUT2D eigenvalue weighted by molar-refractivity contribution is 0.0946. The molecule has 6 heteroatoms. The summed E-state index contributed by atoms with van der Waals surface area (Å²) in [4.78, 5) is 29.6. The lowest BCUT2D eigenvalue weighted by Crippen LogP contribution is -2.30. The number of rotatable bonds is 14. The summed E-state index contributed by atoms with van der Waals surface area (Å²) in [5, 5.41) is 22.2. The number of nitrogens with zero attached hydrogens (tertiary/aromatic N) is 1. The van der Waals surface area contributed by atoms with E-state index in [1.165, 1.54) is 0 Å². The summed E-state index contributed by atoms with van der Waals surface area (Å²) in [5.74, 6) is 0.623. The first kappa shape index (κ1) is 39.5. The van der Waals surface area contributed by atoms with Crippen molar-refractivity contribution < 1.29 is 19.8 Å². The first-order chi connectivity index (χ1) is 21.0. The van der Waals surface area contributed by atoms with E-state index in [2.05, 4.69) is 88.0 Å². The van der Waals surface area contributed by atoms with Crippen LogP contribution < -0.4 is 5.73 Å². The van der Waals surface area contributed by atoms with Crippen molar-refractivity contribution in [3.05, 3.63) is 57.6 Å². The molecule has 0 spiro atoms. The van der Waals surface area contributed by atoms with E-state index >= 15 is 0 Å². The van der Waals surface area contributed by atoms with Crippen LogP contribution in [0.5, 0.6) is 11.5 Å². The van der Waals surface area contributed by atoms with Gasteiger partial charge in [0.1, 0.15) is 11.5 Å². The van der Waals surface area contributed by atoms with E-state index in [9.17, 15) is 19.8 Å². The normalized spacial score (nSPS) is 13.0. The van der Waals surface area contributed by atoms with Crippen LogP contribution >= 0.6 is 0 Å². The van der Waals surface area contributed by atoms with Gasteiger partial charge in [-0.3, -0.25) is 9.59 Å². The molecule has 0 radical (unpaired) electrons. The summed E-state index contributed by atoms with van der Waals surface area (Å²) in [6, 6.07) is 7.44. The Labute approximate surface area is 280 Å². The molecular formula is C40H64N2O4. The highest BCUT2D eigenvalue weighted by Gasteiger charge is 2.29.